The van der Waals surface area contributed by atoms with Gasteiger partial charge in [0, 0.05) is 50.2 Å². The summed E-state index contributed by atoms with van der Waals surface area (Å²) in [5, 5.41) is 13.1. The van der Waals surface area contributed by atoms with Gasteiger partial charge in [0.1, 0.15) is 12.1 Å². The van der Waals surface area contributed by atoms with Gasteiger partial charge >= 0.3 is 0 Å². The number of piperazine rings is 1. The van der Waals surface area contributed by atoms with Gasteiger partial charge in [-0.1, -0.05) is 0 Å². The maximum absolute atomic E-state index is 12.6. The molecule has 1 aliphatic rings. The van der Waals surface area contributed by atoms with Gasteiger partial charge in [0.2, 0.25) is 0 Å². The summed E-state index contributed by atoms with van der Waals surface area (Å²) in [5.74, 6) is 1.51. The second-order valence-electron chi connectivity index (χ2n) is 6.15. The Kier molecular flexibility index (Phi) is 4.49. The summed E-state index contributed by atoms with van der Waals surface area (Å²) < 4.78 is 1.69. The van der Waals surface area contributed by atoms with Crippen LogP contribution in [0.4, 0.5) is 5.82 Å². The minimum atomic E-state index is -0.0148. The number of carbonyl (C=O) groups is 1. The van der Waals surface area contributed by atoms with Crippen LogP contribution in [0.25, 0.3) is 5.82 Å². The zero-order valence-corrected chi connectivity index (χ0v) is 14.6. The molecule has 0 spiro atoms. The zero-order valence-electron chi connectivity index (χ0n) is 14.6. The third-order valence-corrected chi connectivity index (χ3v) is 4.53. The highest BCUT2D eigenvalue weighted by molar-refractivity contribution is 5.94. The molecule has 8 heteroatoms. The minimum absolute atomic E-state index is 0.0148. The Bertz CT molecular complexity index is 968. The molecule has 134 valence electrons. The molecule has 0 saturated carbocycles. The van der Waals surface area contributed by atoms with Crippen molar-refractivity contribution in [1.29, 1.82) is 5.26 Å². The molecule has 0 N–H and O–H groups in total. The van der Waals surface area contributed by atoms with E-state index >= 15 is 0 Å². The van der Waals surface area contributed by atoms with Crippen LogP contribution in [0.1, 0.15) is 15.9 Å². The summed E-state index contributed by atoms with van der Waals surface area (Å²) in [6.07, 6.45) is 5.07. The molecule has 1 aliphatic heterocycles. The summed E-state index contributed by atoms with van der Waals surface area (Å²) in [6.45, 7) is 2.61. The standard InChI is InChI=1S/C19H17N7O/c20-13-15-2-4-16(5-3-15)19(27)25-10-8-24(9-11-25)17-12-18(22-14-21-17)26-7-1-6-23-26/h1-7,12,14H,8-11H2. The number of rotatable bonds is 3. The maximum Gasteiger partial charge on any atom is 0.253 e. The molecule has 4 rings (SSSR count). The number of amides is 1. The first-order chi connectivity index (χ1) is 13.2. The van der Waals surface area contributed by atoms with Gasteiger partial charge in [0.25, 0.3) is 5.91 Å². The average molecular weight is 359 g/mol. The molecule has 2 aromatic heterocycles. The molecule has 0 aliphatic carbocycles. The van der Waals surface area contributed by atoms with Crippen molar-refractivity contribution in [3.8, 4) is 11.9 Å². The van der Waals surface area contributed by atoms with Crippen LogP contribution in [0.5, 0.6) is 0 Å². The van der Waals surface area contributed by atoms with E-state index in [1.807, 2.05) is 23.2 Å². The number of hydrogen-bond acceptors (Lipinski definition) is 6. The number of anilines is 1. The van der Waals surface area contributed by atoms with Crippen LogP contribution in [-0.2, 0) is 0 Å². The largest absolute Gasteiger partial charge is 0.353 e. The molecule has 0 bridgehead atoms. The normalized spacial score (nSPS) is 14.0. The van der Waals surface area contributed by atoms with Crippen molar-refractivity contribution in [2.45, 2.75) is 0 Å². The lowest BCUT2D eigenvalue weighted by atomic mass is 10.1. The van der Waals surface area contributed by atoms with Gasteiger partial charge in [-0.2, -0.15) is 10.4 Å². The van der Waals surface area contributed by atoms with E-state index in [1.165, 1.54) is 6.33 Å². The van der Waals surface area contributed by atoms with Crippen LogP contribution in [0.15, 0.2) is 55.1 Å². The van der Waals surface area contributed by atoms with E-state index in [1.54, 1.807) is 35.1 Å². The van der Waals surface area contributed by atoms with Crippen LogP contribution in [0, 0.1) is 11.3 Å². The quantitative estimate of drug-likeness (QED) is 0.704. The van der Waals surface area contributed by atoms with E-state index < -0.39 is 0 Å². The van der Waals surface area contributed by atoms with Crippen molar-refractivity contribution in [2.75, 3.05) is 31.1 Å². The highest BCUT2D eigenvalue weighted by Gasteiger charge is 2.23. The molecule has 0 atom stereocenters. The van der Waals surface area contributed by atoms with Gasteiger partial charge in [-0.25, -0.2) is 14.6 Å². The third kappa shape index (κ3) is 3.48. The first-order valence-electron chi connectivity index (χ1n) is 8.61. The molecule has 1 saturated heterocycles. The van der Waals surface area contributed by atoms with Crippen LogP contribution < -0.4 is 4.90 Å². The van der Waals surface area contributed by atoms with E-state index in [0.717, 1.165) is 5.82 Å². The molecular weight excluding hydrogens is 342 g/mol. The lowest BCUT2D eigenvalue weighted by molar-refractivity contribution is 0.0746. The number of benzene rings is 1. The molecule has 1 fully saturated rings. The first kappa shape index (κ1) is 16.7. The van der Waals surface area contributed by atoms with Gasteiger partial charge in [0.15, 0.2) is 5.82 Å². The summed E-state index contributed by atoms with van der Waals surface area (Å²) in [5.41, 5.74) is 1.15. The lowest BCUT2D eigenvalue weighted by Crippen LogP contribution is -2.49. The number of aromatic nitrogens is 4. The van der Waals surface area contributed by atoms with E-state index in [2.05, 4.69) is 26.0 Å². The molecule has 0 unspecified atom stereocenters. The van der Waals surface area contributed by atoms with Gasteiger partial charge in [-0.05, 0) is 30.3 Å². The van der Waals surface area contributed by atoms with Crippen molar-refractivity contribution >= 4 is 11.7 Å². The molecule has 3 aromatic rings. The highest BCUT2D eigenvalue weighted by Crippen LogP contribution is 2.17. The molecule has 27 heavy (non-hydrogen) atoms. The monoisotopic (exact) mass is 359 g/mol. The van der Waals surface area contributed by atoms with E-state index in [9.17, 15) is 4.79 Å². The topological polar surface area (TPSA) is 90.9 Å². The van der Waals surface area contributed by atoms with Gasteiger partial charge in [-0.15, -0.1) is 0 Å². The maximum atomic E-state index is 12.6. The van der Waals surface area contributed by atoms with Gasteiger partial charge in [-0.3, -0.25) is 4.79 Å². The van der Waals surface area contributed by atoms with E-state index in [4.69, 9.17) is 5.26 Å². The lowest BCUT2D eigenvalue weighted by Gasteiger charge is -2.35. The highest BCUT2D eigenvalue weighted by atomic mass is 16.2. The number of hydrogen-bond donors (Lipinski definition) is 0. The molecular formula is C19H17N7O. The van der Waals surface area contributed by atoms with E-state index in [-0.39, 0.29) is 5.91 Å². The summed E-state index contributed by atoms with van der Waals surface area (Å²) in [7, 11) is 0. The zero-order chi connectivity index (χ0) is 18.6. The van der Waals surface area contributed by atoms with Crippen LogP contribution in [0.2, 0.25) is 0 Å². The molecule has 1 amide bonds. The average Bonchev–Trinajstić information content (AvgIpc) is 3.29. The third-order valence-electron chi connectivity index (χ3n) is 4.53. The SMILES string of the molecule is N#Cc1ccc(C(=O)N2CCN(c3cc(-n4cccn4)ncn3)CC2)cc1. The van der Waals surface area contributed by atoms with E-state index in [0.29, 0.717) is 43.1 Å². The van der Waals surface area contributed by atoms with Crippen molar-refractivity contribution < 1.29 is 4.79 Å². The minimum Gasteiger partial charge on any atom is -0.353 e. The molecule has 8 nitrogen and oxygen atoms in total. The van der Waals surface area contributed by atoms with Crippen LogP contribution in [-0.4, -0.2) is 56.7 Å². The Labute approximate surface area is 156 Å². The predicted molar refractivity (Wildman–Crippen MR) is 98.4 cm³/mol. The number of nitriles is 1. The van der Waals surface area contributed by atoms with Gasteiger partial charge < -0.3 is 9.80 Å². The van der Waals surface area contributed by atoms with Crippen molar-refractivity contribution in [2.24, 2.45) is 0 Å². The van der Waals surface area contributed by atoms with Gasteiger partial charge in [0.05, 0.1) is 11.6 Å². The van der Waals surface area contributed by atoms with Crippen molar-refractivity contribution in [3.05, 3.63) is 66.2 Å². The first-order valence-corrected chi connectivity index (χ1v) is 8.61. The number of carbonyl (C=O) groups excluding carboxylic acids is 1. The van der Waals surface area contributed by atoms with Crippen molar-refractivity contribution in [3.63, 3.8) is 0 Å². The molecule has 3 heterocycles. The van der Waals surface area contributed by atoms with Crippen LogP contribution >= 0.6 is 0 Å². The second-order valence-corrected chi connectivity index (χ2v) is 6.15. The Hall–Kier alpha value is -3.73. The molecule has 0 radical (unpaired) electrons. The smallest absolute Gasteiger partial charge is 0.253 e. The summed E-state index contributed by atoms with van der Waals surface area (Å²) >= 11 is 0. The Morgan fingerprint density at radius 2 is 1.78 bits per heavy atom. The second kappa shape index (κ2) is 7.25. The fourth-order valence-corrected chi connectivity index (χ4v) is 3.05. The Balaban J connectivity index is 1.42. The summed E-state index contributed by atoms with van der Waals surface area (Å²) in [4.78, 5) is 25.2. The fourth-order valence-electron chi connectivity index (χ4n) is 3.05. The fraction of sp³-hybridized carbons (Fsp3) is 0.211. The summed E-state index contributed by atoms with van der Waals surface area (Å²) in [6, 6.07) is 12.5. The predicted octanol–water partition coefficient (Wildman–Crippen LogP) is 1.50. The van der Waals surface area contributed by atoms with Crippen molar-refractivity contribution in [1.82, 2.24) is 24.6 Å². The molecule has 1 aromatic carbocycles. The number of nitrogens with zero attached hydrogens (tertiary/aromatic N) is 7. The van der Waals surface area contributed by atoms with Crippen LogP contribution in [0.3, 0.4) is 0 Å². The Morgan fingerprint density at radius 1 is 1.04 bits per heavy atom. The Morgan fingerprint density at radius 3 is 2.44 bits per heavy atom.